The molecule has 0 fully saturated rings. The molecule has 1 unspecified atom stereocenters. The molecule has 1 aromatic rings. The predicted molar refractivity (Wildman–Crippen MR) is 69.0 cm³/mol. The normalized spacial score (nSPS) is 12.8. The van der Waals surface area contributed by atoms with Crippen molar-refractivity contribution in [3.8, 4) is 5.88 Å². The molecule has 0 saturated heterocycles. The molecule has 1 heterocycles. The topological polar surface area (TPSA) is 47.0 Å². The van der Waals surface area contributed by atoms with Gasteiger partial charge in [-0.05, 0) is 25.8 Å². The summed E-state index contributed by atoms with van der Waals surface area (Å²) in [5, 5.41) is 3.33. The van der Waals surface area contributed by atoms with Crippen molar-refractivity contribution in [1.29, 1.82) is 0 Å². The Labute approximate surface area is 104 Å². The summed E-state index contributed by atoms with van der Waals surface area (Å²) in [6.45, 7) is 10.2. The fraction of sp³-hybridized carbons (Fsp3) is 0.692. The minimum atomic E-state index is 0.189. The third kappa shape index (κ3) is 5.63. The van der Waals surface area contributed by atoms with E-state index < -0.39 is 0 Å². The van der Waals surface area contributed by atoms with Crippen LogP contribution in [0.3, 0.4) is 0 Å². The van der Waals surface area contributed by atoms with E-state index in [1.54, 1.807) is 12.4 Å². The van der Waals surface area contributed by atoms with Gasteiger partial charge in [-0.15, -0.1) is 0 Å². The summed E-state index contributed by atoms with van der Waals surface area (Å²) in [5.41, 5.74) is 0.946. The maximum absolute atomic E-state index is 5.57. The molecule has 0 aromatic carbocycles. The molecule has 1 aromatic heterocycles. The third-order valence-corrected chi connectivity index (χ3v) is 2.44. The third-order valence-electron chi connectivity index (χ3n) is 2.44. The van der Waals surface area contributed by atoms with Crippen LogP contribution in [0.5, 0.6) is 5.88 Å². The van der Waals surface area contributed by atoms with Gasteiger partial charge in [-0.3, -0.25) is 4.98 Å². The number of hydrogen-bond acceptors (Lipinski definition) is 4. The van der Waals surface area contributed by atoms with Crippen LogP contribution in [-0.2, 0) is 6.54 Å². The largest absolute Gasteiger partial charge is 0.474 e. The van der Waals surface area contributed by atoms with Crippen LogP contribution in [0.15, 0.2) is 12.4 Å². The van der Waals surface area contributed by atoms with Gasteiger partial charge >= 0.3 is 0 Å². The van der Waals surface area contributed by atoms with Crippen LogP contribution in [0.1, 0.15) is 39.8 Å². The first-order valence-corrected chi connectivity index (χ1v) is 6.30. The zero-order valence-corrected chi connectivity index (χ0v) is 11.2. The van der Waals surface area contributed by atoms with Crippen LogP contribution in [-0.4, -0.2) is 22.6 Å². The Morgan fingerprint density at radius 1 is 1.24 bits per heavy atom. The minimum absolute atomic E-state index is 0.189. The number of hydrogen-bond donors (Lipinski definition) is 1. The lowest BCUT2D eigenvalue weighted by Gasteiger charge is -2.11. The Bertz CT molecular complexity index is 311. The van der Waals surface area contributed by atoms with Gasteiger partial charge in [0.05, 0.1) is 24.2 Å². The van der Waals surface area contributed by atoms with Crippen molar-refractivity contribution in [2.45, 2.75) is 46.8 Å². The monoisotopic (exact) mass is 237 g/mol. The van der Waals surface area contributed by atoms with Crippen molar-refractivity contribution >= 4 is 0 Å². The molecule has 0 aliphatic carbocycles. The zero-order valence-electron chi connectivity index (χ0n) is 11.2. The van der Waals surface area contributed by atoms with Gasteiger partial charge in [-0.25, -0.2) is 4.98 Å². The molecule has 1 rings (SSSR count). The summed E-state index contributed by atoms with van der Waals surface area (Å²) in [7, 11) is 0. The van der Waals surface area contributed by atoms with Gasteiger partial charge in [0.15, 0.2) is 0 Å². The Kier molecular flexibility index (Phi) is 5.91. The average molecular weight is 237 g/mol. The van der Waals surface area contributed by atoms with E-state index >= 15 is 0 Å². The van der Waals surface area contributed by atoms with Gasteiger partial charge in [-0.1, -0.05) is 20.8 Å². The molecule has 0 saturated carbocycles. The Morgan fingerprint density at radius 3 is 2.53 bits per heavy atom. The summed E-state index contributed by atoms with van der Waals surface area (Å²) in [6.07, 6.45) is 4.62. The molecular formula is C13H23N3O. The molecule has 4 heteroatoms. The van der Waals surface area contributed by atoms with Crippen molar-refractivity contribution in [2.24, 2.45) is 5.92 Å². The highest BCUT2D eigenvalue weighted by molar-refractivity contribution is 5.07. The molecule has 0 aliphatic rings. The second-order valence-electron chi connectivity index (χ2n) is 4.71. The molecule has 96 valence electrons. The van der Waals surface area contributed by atoms with Crippen LogP contribution in [0.4, 0.5) is 0 Å². The fourth-order valence-electron chi connectivity index (χ4n) is 1.27. The van der Waals surface area contributed by atoms with Crippen molar-refractivity contribution in [1.82, 2.24) is 15.3 Å². The van der Waals surface area contributed by atoms with Gasteiger partial charge in [-0.2, -0.15) is 0 Å². The van der Waals surface area contributed by atoms with E-state index in [9.17, 15) is 0 Å². The van der Waals surface area contributed by atoms with E-state index in [4.69, 9.17) is 4.74 Å². The molecular weight excluding hydrogens is 214 g/mol. The number of ether oxygens (including phenoxy) is 1. The van der Waals surface area contributed by atoms with Crippen LogP contribution in [0.2, 0.25) is 0 Å². The molecule has 0 spiro atoms. The highest BCUT2D eigenvalue weighted by Gasteiger charge is 2.03. The minimum Gasteiger partial charge on any atom is -0.474 e. The molecule has 1 N–H and O–H groups in total. The number of nitrogens with one attached hydrogen (secondary N) is 1. The maximum Gasteiger partial charge on any atom is 0.232 e. The van der Waals surface area contributed by atoms with E-state index in [2.05, 4.69) is 36.1 Å². The quantitative estimate of drug-likeness (QED) is 0.791. The average Bonchev–Trinajstić information content (AvgIpc) is 2.31. The SMILES string of the molecule is CCC(C)Oc1cnc(CNCC(C)C)cn1. The lowest BCUT2D eigenvalue weighted by Crippen LogP contribution is -2.19. The number of rotatable bonds is 7. The van der Waals surface area contributed by atoms with E-state index in [1.807, 2.05) is 6.92 Å². The first-order valence-electron chi connectivity index (χ1n) is 6.30. The van der Waals surface area contributed by atoms with Crippen molar-refractivity contribution in [3.05, 3.63) is 18.1 Å². The molecule has 0 aliphatic heterocycles. The van der Waals surface area contributed by atoms with E-state index in [-0.39, 0.29) is 6.10 Å². The lowest BCUT2D eigenvalue weighted by molar-refractivity contribution is 0.207. The van der Waals surface area contributed by atoms with Gasteiger partial charge in [0.2, 0.25) is 5.88 Å². The first-order chi connectivity index (χ1) is 8.11. The summed E-state index contributed by atoms with van der Waals surface area (Å²) in [6, 6.07) is 0. The van der Waals surface area contributed by atoms with E-state index in [0.29, 0.717) is 11.8 Å². The zero-order chi connectivity index (χ0) is 12.7. The Hall–Kier alpha value is -1.16. The molecule has 17 heavy (non-hydrogen) atoms. The standard InChI is InChI=1S/C13H23N3O/c1-5-11(4)17-13-9-15-12(8-16-13)7-14-6-10(2)3/h8-11,14H,5-7H2,1-4H3. The van der Waals surface area contributed by atoms with Crippen molar-refractivity contribution in [2.75, 3.05) is 6.54 Å². The highest BCUT2D eigenvalue weighted by atomic mass is 16.5. The van der Waals surface area contributed by atoms with Crippen LogP contribution in [0, 0.1) is 5.92 Å². The Morgan fingerprint density at radius 2 is 2.00 bits per heavy atom. The predicted octanol–water partition coefficient (Wildman–Crippen LogP) is 2.40. The van der Waals surface area contributed by atoms with Gasteiger partial charge in [0.25, 0.3) is 0 Å². The molecule has 4 nitrogen and oxygen atoms in total. The summed E-state index contributed by atoms with van der Waals surface area (Å²) < 4.78 is 5.57. The fourth-order valence-corrected chi connectivity index (χ4v) is 1.27. The molecule has 0 radical (unpaired) electrons. The summed E-state index contributed by atoms with van der Waals surface area (Å²) in [5.74, 6) is 1.25. The summed E-state index contributed by atoms with van der Waals surface area (Å²) >= 11 is 0. The van der Waals surface area contributed by atoms with Gasteiger partial charge in [0, 0.05) is 6.54 Å². The molecule has 1 atom stereocenters. The first kappa shape index (κ1) is 13.9. The number of aromatic nitrogens is 2. The van der Waals surface area contributed by atoms with E-state index in [1.165, 1.54) is 0 Å². The highest BCUT2D eigenvalue weighted by Crippen LogP contribution is 2.08. The van der Waals surface area contributed by atoms with Crippen molar-refractivity contribution < 1.29 is 4.74 Å². The Balaban J connectivity index is 2.39. The van der Waals surface area contributed by atoms with Crippen LogP contribution >= 0.6 is 0 Å². The van der Waals surface area contributed by atoms with Gasteiger partial charge < -0.3 is 10.1 Å². The van der Waals surface area contributed by atoms with Crippen LogP contribution in [0.25, 0.3) is 0 Å². The number of nitrogens with zero attached hydrogens (tertiary/aromatic N) is 2. The van der Waals surface area contributed by atoms with Crippen LogP contribution < -0.4 is 10.1 Å². The molecule has 0 amide bonds. The second kappa shape index (κ2) is 7.22. The second-order valence-corrected chi connectivity index (χ2v) is 4.71. The summed E-state index contributed by atoms with van der Waals surface area (Å²) in [4.78, 5) is 8.55. The maximum atomic E-state index is 5.57. The van der Waals surface area contributed by atoms with Crippen molar-refractivity contribution in [3.63, 3.8) is 0 Å². The molecule has 0 bridgehead atoms. The van der Waals surface area contributed by atoms with Gasteiger partial charge in [0.1, 0.15) is 0 Å². The van der Waals surface area contributed by atoms with E-state index in [0.717, 1.165) is 25.2 Å². The smallest absolute Gasteiger partial charge is 0.232 e. The lowest BCUT2D eigenvalue weighted by atomic mass is 10.2.